The van der Waals surface area contributed by atoms with Gasteiger partial charge in [-0.15, -0.1) is 0 Å². The topological polar surface area (TPSA) is 91.4 Å². The number of nitrogens with zero attached hydrogens (tertiary/aromatic N) is 2. The second-order valence-electron chi connectivity index (χ2n) is 8.55. The number of amides is 3. The van der Waals surface area contributed by atoms with E-state index in [1.54, 1.807) is 17.2 Å². The predicted octanol–water partition coefficient (Wildman–Crippen LogP) is 3.56. The molecule has 0 bridgehead atoms. The molecule has 0 atom stereocenters. The van der Waals surface area contributed by atoms with Crippen LogP contribution in [0.25, 0.3) is 0 Å². The maximum absolute atomic E-state index is 13.1. The first-order chi connectivity index (χ1) is 14.3. The maximum atomic E-state index is 13.1. The van der Waals surface area contributed by atoms with Crippen molar-refractivity contribution < 1.29 is 14.4 Å². The Balaban J connectivity index is 1.62. The molecule has 1 fully saturated rings. The molecule has 3 rings (SSSR count). The zero-order valence-electron chi connectivity index (χ0n) is 17.6. The van der Waals surface area contributed by atoms with Gasteiger partial charge < -0.3 is 15.5 Å². The smallest absolute Gasteiger partial charge is 0.257 e. The van der Waals surface area contributed by atoms with Gasteiger partial charge in [-0.3, -0.25) is 19.4 Å². The van der Waals surface area contributed by atoms with Gasteiger partial charge in [0, 0.05) is 42.5 Å². The number of pyridine rings is 1. The second-order valence-corrected chi connectivity index (χ2v) is 8.55. The second kappa shape index (κ2) is 9.07. The summed E-state index contributed by atoms with van der Waals surface area (Å²) >= 11 is 0. The molecule has 1 aromatic heterocycles. The van der Waals surface area contributed by atoms with E-state index in [-0.39, 0.29) is 23.6 Å². The van der Waals surface area contributed by atoms with Crippen LogP contribution in [0.1, 0.15) is 44.0 Å². The summed E-state index contributed by atoms with van der Waals surface area (Å²) in [6.07, 6.45) is 4.21. The molecule has 7 nitrogen and oxygen atoms in total. The van der Waals surface area contributed by atoms with Crippen LogP contribution in [0.4, 0.5) is 11.4 Å². The van der Waals surface area contributed by atoms with E-state index in [0.717, 1.165) is 5.69 Å². The van der Waals surface area contributed by atoms with Gasteiger partial charge in [0.15, 0.2) is 0 Å². The van der Waals surface area contributed by atoms with E-state index in [4.69, 9.17) is 0 Å². The van der Waals surface area contributed by atoms with Crippen molar-refractivity contribution in [2.24, 2.45) is 11.3 Å². The first-order valence-corrected chi connectivity index (χ1v) is 10.2. The summed E-state index contributed by atoms with van der Waals surface area (Å²) in [7, 11) is 0. The molecule has 7 heteroatoms. The van der Waals surface area contributed by atoms with Crippen LogP contribution in [0.3, 0.4) is 0 Å². The highest BCUT2D eigenvalue weighted by Gasteiger charge is 2.30. The third-order valence-corrected chi connectivity index (χ3v) is 5.18. The Hall–Kier alpha value is -3.22. The SMILES string of the molecule is CC(C)(C)C(=O)Nc1ccncc1C(=O)N1CCC(C(=O)Nc2ccccc2)CC1. The molecule has 0 spiro atoms. The summed E-state index contributed by atoms with van der Waals surface area (Å²) in [5, 5.41) is 5.77. The van der Waals surface area contributed by atoms with Crippen LogP contribution < -0.4 is 10.6 Å². The summed E-state index contributed by atoms with van der Waals surface area (Å²) in [4.78, 5) is 43.7. The van der Waals surface area contributed by atoms with Crippen LogP contribution in [-0.4, -0.2) is 40.7 Å². The van der Waals surface area contributed by atoms with Gasteiger partial charge in [0.1, 0.15) is 0 Å². The fourth-order valence-electron chi connectivity index (χ4n) is 3.26. The molecular weight excluding hydrogens is 380 g/mol. The Labute approximate surface area is 176 Å². The number of aromatic nitrogens is 1. The van der Waals surface area contributed by atoms with Crippen molar-refractivity contribution in [3.63, 3.8) is 0 Å². The van der Waals surface area contributed by atoms with Crippen molar-refractivity contribution in [1.29, 1.82) is 0 Å². The maximum Gasteiger partial charge on any atom is 0.257 e. The minimum atomic E-state index is -0.575. The van der Waals surface area contributed by atoms with Crippen LogP contribution in [0, 0.1) is 11.3 Å². The van der Waals surface area contributed by atoms with Crippen molar-refractivity contribution in [1.82, 2.24) is 9.88 Å². The molecule has 0 unspecified atom stereocenters. The molecule has 1 aromatic carbocycles. The highest BCUT2D eigenvalue weighted by atomic mass is 16.2. The molecule has 2 aromatic rings. The molecule has 0 aliphatic carbocycles. The lowest BCUT2D eigenvalue weighted by atomic mass is 9.94. The van der Waals surface area contributed by atoms with Gasteiger partial charge in [-0.05, 0) is 31.0 Å². The van der Waals surface area contributed by atoms with Gasteiger partial charge in [0.25, 0.3) is 5.91 Å². The van der Waals surface area contributed by atoms with E-state index < -0.39 is 5.41 Å². The number of rotatable bonds is 4. The number of hydrogen-bond donors (Lipinski definition) is 2. The fourth-order valence-corrected chi connectivity index (χ4v) is 3.26. The van der Waals surface area contributed by atoms with E-state index in [1.165, 1.54) is 6.20 Å². The Morgan fingerprint density at radius 1 is 1.00 bits per heavy atom. The first kappa shape index (κ1) is 21.5. The highest BCUT2D eigenvalue weighted by molar-refractivity contribution is 6.04. The minimum absolute atomic E-state index is 0.0205. The van der Waals surface area contributed by atoms with E-state index in [2.05, 4.69) is 15.6 Å². The average Bonchev–Trinajstić information content (AvgIpc) is 2.74. The van der Waals surface area contributed by atoms with Crippen LogP contribution in [0.2, 0.25) is 0 Å². The summed E-state index contributed by atoms with van der Waals surface area (Å²) in [5.74, 6) is -0.510. The van der Waals surface area contributed by atoms with E-state index in [9.17, 15) is 14.4 Å². The van der Waals surface area contributed by atoms with Gasteiger partial charge in [0.2, 0.25) is 11.8 Å². The van der Waals surface area contributed by atoms with E-state index in [0.29, 0.717) is 37.2 Å². The van der Waals surface area contributed by atoms with Crippen molar-refractivity contribution in [2.75, 3.05) is 23.7 Å². The Kier molecular flexibility index (Phi) is 6.50. The van der Waals surface area contributed by atoms with Crippen molar-refractivity contribution in [3.8, 4) is 0 Å². The van der Waals surface area contributed by atoms with Crippen molar-refractivity contribution in [3.05, 3.63) is 54.4 Å². The van der Waals surface area contributed by atoms with Crippen LogP contribution in [-0.2, 0) is 9.59 Å². The molecule has 2 heterocycles. The monoisotopic (exact) mass is 408 g/mol. The molecule has 158 valence electrons. The molecule has 1 aliphatic rings. The quantitative estimate of drug-likeness (QED) is 0.809. The molecule has 1 saturated heterocycles. The zero-order chi connectivity index (χ0) is 21.7. The number of nitrogens with one attached hydrogen (secondary N) is 2. The van der Waals surface area contributed by atoms with Crippen LogP contribution in [0.5, 0.6) is 0 Å². The first-order valence-electron chi connectivity index (χ1n) is 10.2. The molecule has 2 N–H and O–H groups in total. The van der Waals surface area contributed by atoms with Gasteiger partial charge in [-0.2, -0.15) is 0 Å². The number of hydrogen-bond acceptors (Lipinski definition) is 4. The van der Waals surface area contributed by atoms with Gasteiger partial charge >= 0.3 is 0 Å². The van der Waals surface area contributed by atoms with Crippen molar-refractivity contribution in [2.45, 2.75) is 33.6 Å². The molecule has 1 aliphatic heterocycles. The minimum Gasteiger partial charge on any atom is -0.338 e. The number of carbonyl (C=O) groups excluding carboxylic acids is 3. The summed E-state index contributed by atoms with van der Waals surface area (Å²) < 4.78 is 0. The standard InChI is InChI=1S/C23H28N4O3/c1-23(2,3)22(30)26-19-9-12-24-15-18(19)21(29)27-13-10-16(11-14-27)20(28)25-17-7-5-4-6-8-17/h4-9,12,15-16H,10-11,13-14H2,1-3H3,(H,25,28)(H,24,26,30). The third-order valence-electron chi connectivity index (χ3n) is 5.18. The molecule has 0 saturated carbocycles. The summed E-state index contributed by atoms with van der Waals surface area (Å²) in [6, 6.07) is 11.0. The number of carbonyl (C=O) groups is 3. The number of likely N-dealkylation sites (tertiary alicyclic amines) is 1. The normalized spacial score (nSPS) is 14.8. The van der Waals surface area contributed by atoms with Gasteiger partial charge in [-0.1, -0.05) is 39.0 Å². The van der Waals surface area contributed by atoms with E-state index >= 15 is 0 Å². The van der Waals surface area contributed by atoms with Gasteiger partial charge in [-0.25, -0.2) is 0 Å². The van der Waals surface area contributed by atoms with Crippen molar-refractivity contribution >= 4 is 29.1 Å². The number of benzene rings is 1. The summed E-state index contributed by atoms with van der Waals surface area (Å²) in [5.41, 5.74) is 1.02. The predicted molar refractivity (Wildman–Crippen MR) is 116 cm³/mol. The molecule has 3 amide bonds. The lowest BCUT2D eigenvalue weighted by Crippen LogP contribution is -2.41. The lowest BCUT2D eigenvalue weighted by Gasteiger charge is -2.32. The van der Waals surface area contributed by atoms with E-state index in [1.807, 2.05) is 51.1 Å². The number of para-hydroxylation sites is 1. The average molecular weight is 409 g/mol. The lowest BCUT2D eigenvalue weighted by molar-refractivity contribution is -0.123. The zero-order valence-corrected chi connectivity index (χ0v) is 17.6. The Bertz CT molecular complexity index is 914. The molecule has 0 radical (unpaired) electrons. The molecular formula is C23H28N4O3. The number of anilines is 2. The fraction of sp³-hybridized carbons (Fsp3) is 0.391. The largest absolute Gasteiger partial charge is 0.338 e. The van der Waals surface area contributed by atoms with Crippen LogP contribution in [0.15, 0.2) is 48.8 Å². The number of piperidine rings is 1. The Morgan fingerprint density at radius 3 is 2.30 bits per heavy atom. The Morgan fingerprint density at radius 2 is 1.67 bits per heavy atom. The van der Waals surface area contributed by atoms with Crippen LogP contribution >= 0.6 is 0 Å². The third kappa shape index (κ3) is 5.23. The summed E-state index contributed by atoms with van der Waals surface area (Å²) in [6.45, 7) is 6.41. The highest BCUT2D eigenvalue weighted by Crippen LogP contribution is 2.24. The molecule has 30 heavy (non-hydrogen) atoms. The van der Waals surface area contributed by atoms with Gasteiger partial charge in [0.05, 0.1) is 11.3 Å².